The highest BCUT2D eigenvalue weighted by atomic mass is 19.1. The molecule has 0 spiro atoms. The Bertz CT molecular complexity index is 628. The second kappa shape index (κ2) is 4.70. The van der Waals surface area contributed by atoms with Crippen molar-refractivity contribution in [3.05, 3.63) is 58.2 Å². The Labute approximate surface area is 101 Å². The van der Waals surface area contributed by atoms with Gasteiger partial charge in [-0.15, -0.1) is 0 Å². The number of pyridine rings is 1. The van der Waals surface area contributed by atoms with Gasteiger partial charge in [-0.1, -0.05) is 6.07 Å². The molecule has 0 radical (unpaired) electrons. The molecule has 0 aliphatic rings. The van der Waals surface area contributed by atoms with E-state index < -0.39 is 16.4 Å². The number of carbonyl (C=O) groups is 1. The van der Waals surface area contributed by atoms with Gasteiger partial charge in [0.2, 0.25) is 5.82 Å². The molecule has 90 valence electrons. The minimum Gasteiger partial charge on any atom is -0.298 e. The van der Waals surface area contributed by atoms with Crippen molar-refractivity contribution in [3.8, 4) is 11.1 Å². The Hall–Kier alpha value is -2.63. The number of carbonyl (C=O) groups excluding carboxylic acids is 1. The van der Waals surface area contributed by atoms with Crippen molar-refractivity contribution in [1.82, 2.24) is 4.98 Å². The van der Waals surface area contributed by atoms with Crippen molar-refractivity contribution in [2.24, 2.45) is 0 Å². The third-order valence-corrected chi connectivity index (χ3v) is 2.37. The molecule has 0 fully saturated rings. The SMILES string of the molecule is O=Cc1cncc(-c2ccc(F)c([N+](=O)[O-])c2)c1. The fourth-order valence-corrected chi connectivity index (χ4v) is 1.51. The van der Waals surface area contributed by atoms with E-state index in [9.17, 15) is 19.3 Å². The predicted octanol–water partition coefficient (Wildman–Crippen LogP) is 2.61. The number of nitro benzene ring substituents is 1. The molecule has 0 aliphatic heterocycles. The maximum atomic E-state index is 13.2. The van der Waals surface area contributed by atoms with Gasteiger partial charge >= 0.3 is 5.69 Å². The summed E-state index contributed by atoms with van der Waals surface area (Å²) in [6.07, 6.45) is 3.44. The topological polar surface area (TPSA) is 73.1 Å². The van der Waals surface area contributed by atoms with Crippen molar-refractivity contribution in [1.29, 1.82) is 0 Å². The van der Waals surface area contributed by atoms with Crippen molar-refractivity contribution < 1.29 is 14.1 Å². The standard InChI is InChI=1S/C12H7FN2O3/c13-11-2-1-9(4-12(11)15(17)18)10-3-8(7-16)5-14-6-10/h1-7H. The van der Waals surface area contributed by atoms with E-state index >= 15 is 0 Å². The van der Waals surface area contributed by atoms with Crippen molar-refractivity contribution >= 4 is 12.0 Å². The lowest BCUT2D eigenvalue weighted by Crippen LogP contribution is -1.93. The van der Waals surface area contributed by atoms with Crippen LogP contribution in [0.5, 0.6) is 0 Å². The average Bonchev–Trinajstić information content (AvgIpc) is 2.39. The molecule has 2 aromatic rings. The number of hydrogen-bond acceptors (Lipinski definition) is 4. The summed E-state index contributed by atoms with van der Waals surface area (Å²) in [5, 5.41) is 10.6. The molecule has 0 N–H and O–H groups in total. The Balaban J connectivity index is 2.53. The lowest BCUT2D eigenvalue weighted by atomic mass is 10.1. The Kier molecular flexibility index (Phi) is 3.09. The molecule has 0 atom stereocenters. The lowest BCUT2D eigenvalue weighted by molar-refractivity contribution is -0.387. The first-order valence-corrected chi connectivity index (χ1v) is 4.96. The number of nitrogens with zero attached hydrogens (tertiary/aromatic N) is 2. The maximum absolute atomic E-state index is 13.2. The van der Waals surface area contributed by atoms with Crippen LogP contribution in [0.4, 0.5) is 10.1 Å². The van der Waals surface area contributed by atoms with Crippen molar-refractivity contribution in [3.63, 3.8) is 0 Å². The van der Waals surface area contributed by atoms with Crippen LogP contribution >= 0.6 is 0 Å². The van der Waals surface area contributed by atoms with Crippen LogP contribution in [0.3, 0.4) is 0 Å². The normalized spacial score (nSPS) is 10.1. The molecule has 0 aliphatic carbocycles. The minimum atomic E-state index is -0.900. The first-order chi connectivity index (χ1) is 8.61. The van der Waals surface area contributed by atoms with Crippen LogP contribution in [0.1, 0.15) is 10.4 Å². The van der Waals surface area contributed by atoms with E-state index in [1.54, 1.807) is 0 Å². The molecule has 0 unspecified atom stereocenters. The maximum Gasteiger partial charge on any atom is 0.305 e. The fourth-order valence-electron chi connectivity index (χ4n) is 1.51. The van der Waals surface area contributed by atoms with Crippen LogP contribution in [0.25, 0.3) is 11.1 Å². The zero-order valence-corrected chi connectivity index (χ0v) is 9.04. The number of aromatic nitrogens is 1. The molecule has 6 heteroatoms. The molecule has 2 rings (SSSR count). The van der Waals surface area contributed by atoms with Gasteiger partial charge in [-0.25, -0.2) is 0 Å². The van der Waals surface area contributed by atoms with E-state index in [1.165, 1.54) is 24.5 Å². The van der Waals surface area contributed by atoms with Crippen LogP contribution in [0.15, 0.2) is 36.7 Å². The van der Waals surface area contributed by atoms with E-state index in [4.69, 9.17) is 0 Å². The van der Waals surface area contributed by atoms with Gasteiger partial charge in [0.05, 0.1) is 4.92 Å². The summed E-state index contributed by atoms with van der Waals surface area (Å²) in [7, 11) is 0. The molecule has 1 heterocycles. The second-order valence-electron chi connectivity index (χ2n) is 3.55. The van der Waals surface area contributed by atoms with Gasteiger partial charge in [-0.3, -0.25) is 19.9 Å². The average molecular weight is 246 g/mol. The zero-order chi connectivity index (χ0) is 13.1. The number of halogens is 1. The number of nitro groups is 1. The lowest BCUT2D eigenvalue weighted by Gasteiger charge is -2.02. The zero-order valence-electron chi connectivity index (χ0n) is 9.04. The minimum absolute atomic E-state index is 0.347. The summed E-state index contributed by atoms with van der Waals surface area (Å²) >= 11 is 0. The van der Waals surface area contributed by atoms with Crippen LogP contribution in [0.2, 0.25) is 0 Å². The van der Waals surface area contributed by atoms with Crippen molar-refractivity contribution in [2.75, 3.05) is 0 Å². The Morgan fingerprint density at radius 2 is 2.00 bits per heavy atom. The van der Waals surface area contributed by atoms with Crippen LogP contribution in [0, 0.1) is 15.9 Å². The third-order valence-electron chi connectivity index (χ3n) is 2.37. The van der Waals surface area contributed by atoms with Crippen LogP contribution in [-0.2, 0) is 0 Å². The first kappa shape index (κ1) is 11.8. The van der Waals surface area contributed by atoms with Crippen molar-refractivity contribution in [2.45, 2.75) is 0 Å². The first-order valence-electron chi connectivity index (χ1n) is 4.96. The highest BCUT2D eigenvalue weighted by Gasteiger charge is 2.15. The van der Waals surface area contributed by atoms with Gasteiger partial charge in [0.1, 0.15) is 0 Å². The molecule has 0 saturated heterocycles. The number of aldehydes is 1. The third kappa shape index (κ3) is 2.22. The molecule has 0 bridgehead atoms. The molecule has 1 aromatic heterocycles. The van der Waals surface area contributed by atoms with Gasteiger partial charge in [-0.05, 0) is 17.7 Å². The summed E-state index contributed by atoms with van der Waals surface area (Å²) in [4.78, 5) is 24.3. The summed E-state index contributed by atoms with van der Waals surface area (Å²) in [5.74, 6) is -0.900. The Morgan fingerprint density at radius 1 is 1.22 bits per heavy atom. The van der Waals surface area contributed by atoms with Crippen LogP contribution < -0.4 is 0 Å². The molecule has 18 heavy (non-hydrogen) atoms. The quantitative estimate of drug-likeness (QED) is 0.474. The fraction of sp³-hybridized carbons (Fsp3) is 0. The summed E-state index contributed by atoms with van der Waals surface area (Å²) < 4.78 is 13.2. The van der Waals surface area contributed by atoms with E-state index in [0.29, 0.717) is 23.0 Å². The molecular weight excluding hydrogens is 239 g/mol. The van der Waals surface area contributed by atoms with Gasteiger partial charge in [0.25, 0.3) is 0 Å². The van der Waals surface area contributed by atoms with Gasteiger partial charge < -0.3 is 0 Å². The van der Waals surface area contributed by atoms with Gasteiger partial charge in [-0.2, -0.15) is 4.39 Å². The number of benzene rings is 1. The van der Waals surface area contributed by atoms with Crippen LogP contribution in [-0.4, -0.2) is 16.2 Å². The largest absolute Gasteiger partial charge is 0.305 e. The Morgan fingerprint density at radius 3 is 2.67 bits per heavy atom. The van der Waals surface area contributed by atoms with Gasteiger partial charge in [0, 0.05) is 29.6 Å². The smallest absolute Gasteiger partial charge is 0.298 e. The molecule has 0 amide bonds. The molecular formula is C12H7FN2O3. The number of rotatable bonds is 3. The molecule has 5 nitrogen and oxygen atoms in total. The van der Waals surface area contributed by atoms with Gasteiger partial charge in [0.15, 0.2) is 6.29 Å². The molecule has 1 aromatic carbocycles. The summed E-state index contributed by atoms with van der Waals surface area (Å²) in [5.41, 5.74) is 0.686. The van der Waals surface area contributed by atoms with E-state index in [1.807, 2.05) is 0 Å². The monoisotopic (exact) mass is 246 g/mol. The van der Waals surface area contributed by atoms with E-state index in [2.05, 4.69) is 4.98 Å². The van der Waals surface area contributed by atoms with E-state index in [0.717, 1.165) is 12.1 Å². The highest BCUT2D eigenvalue weighted by Crippen LogP contribution is 2.26. The predicted molar refractivity (Wildman–Crippen MR) is 61.7 cm³/mol. The summed E-state index contributed by atoms with van der Waals surface area (Å²) in [6, 6.07) is 5.05. The highest BCUT2D eigenvalue weighted by molar-refractivity contribution is 5.78. The summed E-state index contributed by atoms with van der Waals surface area (Å²) in [6.45, 7) is 0. The van der Waals surface area contributed by atoms with E-state index in [-0.39, 0.29) is 0 Å². The number of hydrogen-bond donors (Lipinski definition) is 0. The second-order valence-corrected chi connectivity index (χ2v) is 3.55. The molecule has 0 saturated carbocycles.